The van der Waals surface area contributed by atoms with E-state index in [9.17, 15) is 18.0 Å². The maximum atomic E-state index is 14.7. The Balaban J connectivity index is 1.85. The Hall–Kier alpha value is -3.70. The van der Waals surface area contributed by atoms with Crippen LogP contribution < -0.4 is 14.4 Å². The van der Waals surface area contributed by atoms with Crippen LogP contribution in [0.25, 0.3) is 0 Å². The van der Waals surface area contributed by atoms with Gasteiger partial charge in [0.1, 0.15) is 18.3 Å². The molecule has 0 aliphatic heterocycles. The predicted octanol–water partition coefficient (Wildman–Crippen LogP) is 7.86. The highest BCUT2D eigenvalue weighted by molar-refractivity contribution is 7.98. The number of halogens is 2. The molecule has 1 atom stereocenters. The third kappa shape index (κ3) is 10.2. The van der Waals surface area contributed by atoms with Crippen LogP contribution in [-0.2, 0) is 32.6 Å². The van der Waals surface area contributed by atoms with Crippen molar-refractivity contribution in [3.63, 3.8) is 0 Å². The molecule has 4 rings (SSSR count). The second kappa shape index (κ2) is 16.8. The topological polar surface area (TPSA) is 96.0 Å². The zero-order valence-electron chi connectivity index (χ0n) is 28.2. The summed E-state index contributed by atoms with van der Waals surface area (Å²) < 4.78 is 35.3. The number of carbonyl (C=O) groups is 2. The summed E-state index contributed by atoms with van der Waals surface area (Å²) in [6.45, 7) is 7.07. The minimum Gasteiger partial charge on any atom is -0.494 e. The van der Waals surface area contributed by atoms with Gasteiger partial charge in [-0.25, -0.2) is 8.42 Å². The van der Waals surface area contributed by atoms with Gasteiger partial charge in [0, 0.05) is 39.0 Å². The Morgan fingerprint density at radius 3 is 2.04 bits per heavy atom. The summed E-state index contributed by atoms with van der Waals surface area (Å²) in [5.74, 6) is -0.480. The lowest BCUT2D eigenvalue weighted by Gasteiger charge is -2.35. The van der Waals surface area contributed by atoms with Crippen LogP contribution in [0.5, 0.6) is 5.75 Å². The van der Waals surface area contributed by atoms with Gasteiger partial charge in [-0.3, -0.25) is 13.9 Å². The first-order chi connectivity index (χ1) is 23.2. The molecule has 0 radical (unpaired) electrons. The van der Waals surface area contributed by atoms with Gasteiger partial charge in [-0.2, -0.15) is 0 Å². The average molecular weight is 743 g/mol. The van der Waals surface area contributed by atoms with Crippen molar-refractivity contribution < 1.29 is 22.7 Å². The predicted molar refractivity (Wildman–Crippen MR) is 199 cm³/mol. The summed E-state index contributed by atoms with van der Waals surface area (Å²) in [5.41, 5.74) is 0.872. The number of rotatable bonds is 14. The fourth-order valence-corrected chi connectivity index (χ4v) is 7.48. The highest BCUT2D eigenvalue weighted by Gasteiger charge is 2.36. The zero-order valence-corrected chi connectivity index (χ0v) is 31.3. The number of sulfonamides is 1. The zero-order chi connectivity index (χ0) is 35.8. The summed E-state index contributed by atoms with van der Waals surface area (Å²) in [6, 6.07) is 26.2. The monoisotopic (exact) mass is 741 g/mol. The molecule has 0 fully saturated rings. The summed E-state index contributed by atoms with van der Waals surface area (Å²) in [5, 5.41) is 3.63. The van der Waals surface area contributed by atoms with Crippen LogP contribution in [-0.4, -0.2) is 56.1 Å². The first-order valence-corrected chi connectivity index (χ1v) is 19.1. The second-order valence-corrected chi connectivity index (χ2v) is 15.8. The van der Waals surface area contributed by atoms with Gasteiger partial charge in [-0.15, -0.1) is 11.8 Å². The van der Waals surface area contributed by atoms with E-state index in [0.29, 0.717) is 28.0 Å². The van der Waals surface area contributed by atoms with Gasteiger partial charge in [0.15, 0.2) is 0 Å². The number of nitrogens with one attached hydrogen (secondary N) is 1. The average Bonchev–Trinajstić information content (AvgIpc) is 3.06. The molecule has 0 aliphatic rings. The highest BCUT2D eigenvalue weighted by atomic mass is 35.5. The Morgan fingerprint density at radius 2 is 1.49 bits per heavy atom. The fourth-order valence-electron chi connectivity index (χ4n) is 5.14. The van der Waals surface area contributed by atoms with E-state index in [1.807, 2.05) is 64.3 Å². The summed E-state index contributed by atoms with van der Waals surface area (Å²) >= 11 is 14.7. The number of carbonyl (C=O) groups excluding carboxylic acids is 2. The van der Waals surface area contributed by atoms with Crippen molar-refractivity contribution in [1.82, 2.24) is 10.2 Å². The van der Waals surface area contributed by atoms with Crippen LogP contribution in [0.4, 0.5) is 5.69 Å². The van der Waals surface area contributed by atoms with E-state index in [0.717, 1.165) is 14.8 Å². The summed E-state index contributed by atoms with van der Waals surface area (Å²) in [7, 11) is -4.27. The first kappa shape index (κ1) is 38.1. The molecule has 0 saturated heterocycles. The molecule has 12 heteroatoms. The van der Waals surface area contributed by atoms with Crippen molar-refractivity contribution >= 4 is 62.5 Å². The van der Waals surface area contributed by atoms with Crippen LogP contribution >= 0.6 is 35.0 Å². The molecular formula is C37H41Cl2N3O5S2. The molecule has 4 aromatic rings. The fraction of sp³-hybridized carbons (Fsp3) is 0.297. The molecule has 0 heterocycles. The van der Waals surface area contributed by atoms with Crippen LogP contribution in [0.1, 0.15) is 38.8 Å². The van der Waals surface area contributed by atoms with E-state index in [1.165, 1.54) is 28.8 Å². The van der Waals surface area contributed by atoms with Crippen molar-refractivity contribution in [1.29, 1.82) is 0 Å². The molecule has 0 bridgehead atoms. The van der Waals surface area contributed by atoms with Gasteiger partial charge in [-0.1, -0.05) is 59.6 Å². The molecule has 260 valence electrons. The number of hydrogen-bond acceptors (Lipinski definition) is 6. The highest BCUT2D eigenvalue weighted by Crippen LogP contribution is 2.30. The van der Waals surface area contributed by atoms with Crippen molar-refractivity contribution in [2.75, 3.05) is 23.7 Å². The van der Waals surface area contributed by atoms with Crippen LogP contribution in [0.3, 0.4) is 0 Å². The van der Waals surface area contributed by atoms with Crippen molar-refractivity contribution in [2.24, 2.45) is 0 Å². The Morgan fingerprint density at radius 1 is 0.878 bits per heavy atom. The molecule has 0 unspecified atom stereocenters. The van der Waals surface area contributed by atoms with E-state index in [1.54, 1.807) is 54.6 Å². The number of thioether (sulfide) groups is 1. The molecule has 2 amide bonds. The third-order valence-corrected chi connectivity index (χ3v) is 10.8. The number of anilines is 1. The molecule has 4 aromatic carbocycles. The van der Waals surface area contributed by atoms with Gasteiger partial charge in [0.2, 0.25) is 11.8 Å². The molecule has 49 heavy (non-hydrogen) atoms. The normalized spacial score (nSPS) is 12.2. The van der Waals surface area contributed by atoms with Crippen molar-refractivity contribution in [3.8, 4) is 5.75 Å². The molecule has 0 aliphatic carbocycles. The van der Waals surface area contributed by atoms with E-state index < -0.39 is 40.0 Å². The number of nitrogens with zero attached hydrogens (tertiary/aromatic N) is 2. The van der Waals surface area contributed by atoms with Gasteiger partial charge in [-0.05, 0) is 100 Å². The SMILES string of the molecule is CCOc1ccc(N(CC(=O)N(Cc2c(Cl)cccc2Cl)[C@@H](Cc2ccccc2)C(=O)NC(C)(C)C)S(=O)(=O)c2ccc(SC)cc2)cc1. The number of benzene rings is 4. The Kier molecular flexibility index (Phi) is 13.1. The Bertz CT molecular complexity index is 1810. The van der Waals surface area contributed by atoms with Crippen LogP contribution in [0, 0.1) is 0 Å². The number of hydrogen-bond donors (Lipinski definition) is 1. The maximum Gasteiger partial charge on any atom is 0.264 e. The lowest BCUT2D eigenvalue weighted by atomic mass is 10.0. The molecule has 0 aromatic heterocycles. The van der Waals surface area contributed by atoms with Crippen molar-refractivity contribution in [3.05, 3.63) is 118 Å². The lowest BCUT2D eigenvalue weighted by Crippen LogP contribution is -2.56. The molecule has 1 N–H and O–H groups in total. The Labute approximate surface area is 303 Å². The van der Waals surface area contributed by atoms with Gasteiger partial charge >= 0.3 is 0 Å². The van der Waals surface area contributed by atoms with Crippen molar-refractivity contribution in [2.45, 2.75) is 62.0 Å². The molecular weight excluding hydrogens is 701 g/mol. The quantitative estimate of drug-likeness (QED) is 0.132. The summed E-state index contributed by atoms with van der Waals surface area (Å²) in [4.78, 5) is 31.1. The van der Waals surface area contributed by atoms with E-state index in [2.05, 4.69) is 5.32 Å². The molecule has 0 spiro atoms. The van der Waals surface area contributed by atoms with E-state index >= 15 is 0 Å². The smallest absolute Gasteiger partial charge is 0.264 e. The molecule has 8 nitrogen and oxygen atoms in total. The summed E-state index contributed by atoms with van der Waals surface area (Å²) in [6.07, 6.45) is 2.05. The van der Waals surface area contributed by atoms with Gasteiger partial charge in [0.25, 0.3) is 10.0 Å². The largest absolute Gasteiger partial charge is 0.494 e. The van der Waals surface area contributed by atoms with E-state index in [4.69, 9.17) is 27.9 Å². The third-order valence-electron chi connectivity index (χ3n) is 7.52. The minimum absolute atomic E-state index is 0.0130. The van der Waals surface area contributed by atoms with Gasteiger partial charge in [0.05, 0.1) is 17.2 Å². The second-order valence-electron chi connectivity index (χ2n) is 12.3. The molecule has 0 saturated carbocycles. The lowest BCUT2D eigenvalue weighted by molar-refractivity contribution is -0.140. The maximum absolute atomic E-state index is 14.7. The minimum atomic E-state index is -4.27. The number of amides is 2. The van der Waals surface area contributed by atoms with Crippen LogP contribution in [0.2, 0.25) is 10.0 Å². The first-order valence-electron chi connectivity index (χ1n) is 15.7. The van der Waals surface area contributed by atoms with E-state index in [-0.39, 0.29) is 23.5 Å². The van der Waals surface area contributed by atoms with Crippen LogP contribution in [0.15, 0.2) is 107 Å². The number of ether oxygens (including phenoxy) is 1. The standard InChI is InChI=1S/C37H41Cl2N3O5S2/c1-6-47-28-17-15-27(16-18-28)42(49(45,46)30-21-19-29(48-5)20-22-30)25-35(43)41(24-31-32(38)13-10-14-33(31)39)34(36(44)40-37(2,3)4)23-26-11-8-7-9-12-26/h7-22,34H,6,23-25H2,1-5H3,(H,40,44)/t34-/m0/s1. The van der Waals surface area contributed by atoms with Gasteiger partial charge < -0.3 is 15.0 Å².